The van der Waals surface area contributed by atoms with Crippen molar-refractivity contribution in [2.45, 2.75) is 0 Å². The Morgan fingerprint density at radius 1 is 0.341 bits per heavy atom. The second kappa shape index (κ2) is 11.3. The van der Waals surface area contributed by atoms with Gasteiger partial charge < -0.3 is 0 Å². The van der Waals surface area contributed by atoms with Gasteiger partial charge in [-0.3, -0.25) is 0 Å². The van der Waals surface area contributed by atoms with Crippen LogP contribution < -0.4 is 0 Å². The van der Waals surface area contributed by atoms with Crippen LogP contribution in [0.3, 0.4) is 0 Å². The van der Waals surface area contributed by atoms with Crippen molar-refractivity contribution < 1.29 is 0 Å². The van der Waals surface area contributed by atoms with E-state index >= 15 is 0 Å². The highest BCUT2D eigenvalue weighted by Gasteiger charge is 2.24. The quantitative estimate of drug-likeness (QED) is 0.185. The number of benzene rings is 7. The first-order chi connectivity index (χ1) is 21.8. The molecule has 0 amide bonds. The van der Waals surface area contributed by atoms with E-state index in [1.165, 1.54) is 70.2 Å². The van der Waals surface area contributed by atoms with E-state index in [0.717, 1.165) is 10.6 Å². The van der Waals surface area contributed by atoms with E-state index in [9.17, 15) is 0 Å². The van der Waals surface area contributed by atoms with Crippen molar-refractivity contribution in [1.29, 1.82) is 0 Å². The van der Waals surface area contributed by atoms with Crippen LogP contribution in [0.15, 0.2) is 164 Å². The smallest absolute Gasteiger partial charge is 0.0446 e. The monoisotopic (exact) mass is 598 g/mol. The zero-order valence-corrected chi connectivity index (χ0v) is 25.4. The normalized spacial score (nSPS) is 11.3. The van der Waals surface area contributed by atoms with Gasteiger partial charge in [0.1, 0.15) is 0 Å². The summed E-state index contributed by atoms with van der Waals surface area (Å²) in [6, 6.07) is 58.6. The van der Waals surface area contributed by atoms with E-state index in [1.54, 1.807) is 0 Å². The summed E-state index contributed by atoms with van der Waals surface area (Å²) in [7, 11) is 0. The van der Waals surface area contributed by atoms with Crippen LogP contribution >= 0.6 is 22.9 Å². The molecule has 2 heteroatoms. The molecule has 0 unspecified atom stereocenters. The standard InChI is InChI=1S/C42H27ClS/c43-34-26-24-29(25-27-34)28-20-22-32(23-21-28)37-35-18-10-11-19-36(35)40-39(31-14-6-2-7-15-31)41(33-16-8-3-9-17-33)44-42(40)38(37)30-12-4-1-5-13-30/h1-27H. The lowest BCUT2D eigenvalue weighted by atomic mass is 9.85. The molecular formula is C42H27ClS. The van der Waals surface area contributed by atoms with Crippen LogP contribution in [0.25, 0.3) is 75.8 Å². The van der Waals surface area contributed by atoms with E-state index in [4.69, 9.17) is 11.6 Å². The Labute approximate surface area is 266 Å². The van der Waals surface area contributed by atoms with E-state index in [-0.39, 0.29) is 0 Å². The Morgan fingerprint density at radius 2 is 0.773 bits per heavy atom. The average molecular weight is 599 g/mol. The van der Waals surface area contributed by atoms with Crippen LogP contribution in [0.1, 0.15) is 0 Å². The van der Waals surface area contributed by atoms with Gasteiger partial charge in [0.05, 0.1) is 0 Å². The summed E-state index contributed by atoms with van der Waals surface area (Å²) < 4.78 is 1.31. The van der Waals surface area contributed by atoms with E-state index < -0.39 is 0 Å². The number of hydrogen-bond acceptors (Lipinski definition) is 1. The molecule has 0 fully saturated rings. The first-order valence-electron chi connectivity index (χ1n) is 14.8. The summed E-state index contributed by atoms with van der Waals surface area (Å²) >= 11 is 8.08. The molecule has 1 heterocycles. The second-order valence-electron chi connectivity index (χ2n) is 11.0. The average Bonchev–Trinajstić information content (AvgIpc) is 3.50. The summed E-state index contributed by atoms with van der Waals surface area (Å²) in [5.74, 6) is 0. The maximum atomic E-state index is 6.18. The van der Waals surface area contributed by atoms with Gasteiger partial charge in [0.2, 0.25) is 0 Å². The van der Waals surface area contributed by atoms with Crippen molar-refractivity contribution >= 4 is 43.8 Å². The van der Waals surface area contributed by atoms with Crippen molar-refractivity contribution in [2.24, 2.45) is 0 Å². The number of thiophene rings is 1. The van der Waals surface area contributed by atoms with E-state index in [2.05, 4.69) is 152 Å². The van der Waals surface area contributed by atoms with E-state index in [0.29, 0.717) is 0 Å². The third-order valence-electron chi connectivity index (χ3n) is 8.36. The Hall–Kier alpha value is -4.95. The minimum absolute atomic E-state index is 0.748. The van der Waals surface area contributed by atoms with Gasteiger partial charge in [-0.15, -0.1) is 11.3 Å². The van der Waals surface area contributed by atoms with Crippen LogP contribution in [0.2, 0.25) is 5.02 Å². The summed E-state index contributed by atoms with van der Waals surface area (Å²) in [5.41, 5.74) is 11.1. The molecule has 44 heavy (non-hydrogen) atoms. The van der Waals surface area contributed by atoms with Gasteiger partial charge in [0, 0.05) is 31.1 Å². The molecule has 7 aromatic carbocycles. The molecule has 0 aliphatic rings. The fourth-order valence-electron chi connectivity index (χ4n) is 6.36. The maximum absolute atomic E-state index is 6.18. The minimum atomic E-state index is 0.748. The fraction of sp³-hybridized carbons (Fsp3) is 0. The molecule has 0 aliphatic carbocycles. The highest BCUT2D eigenvalue weighted by Crippen LogP contribution is 2.54. The third-order valence-corrected chi connectivity index (χ3v) is 9.87. The Balaban J connectivity index is 1.49. The van der Waals surface area contributed by atoms with E-state index in [1.807, 2.05) is 23.5 Å². The summed E-state index contributed by atoms with van der Waals surface area (Å²) in [6.07, 6.45) is 0. The largest absolute Gasteiger partial charge is 0.134 e. The second-order valence-corrected chi connectivity index (χ2v) is 12.4. The number of rotatable bonds is 5. The molecule has 0 aliphatic heterocycles. The van der Waals surface area contributed by atoms with Gasteiger partial charge in [-0.05, 0) is 61.8 Å². The van der Waals surface area contributed by atoms with Gasteiger partial charge in [-0.2, -0.15) is 0 Å². The number of halogens is 1. The zero-order valence-electron chi connectivity index (χ0n) is 23.9. The van der Waals surface area contributed by atoms with Crippen LogP contribution in [0, 0.1) is 0 Å². The van der Waals surface area contributed by atoms with Crippen molar-refractivity contribution in [3.8, 4) is 54.9 Å². The molecule has 0 bridgehead atoms. The predicted molar refractivity (Wildman–Crippen MR) is 192 cm³/mol. The van der Waals surface area contributed by atoms with Crippen LogP contribution in [0.4, 0.5) is 0 Å². The lowest BCUT2D eigenvalue weighted by Crippen LogP contribution is -1.91. The Morgan fingerprint density at radius 3 is 1.36 bits per heavy atom. The lowest BCUT2D eigenvalue weighted by molar-refractivity contribution is 1.60. The molecule has 208 valence electrons. The molecule has 0 spiro atoms. The van der Waals surface area contributed by atoms with Gasteiger partial charge in [0.25, 0.3) is 0 Å². The van der Waals surface area contributed by atoms with Crippen molar-refractivity contribution in [3.63, 3.8) is 0 Å². The molecule has 0 atom stereocenters. The first-order valence-corrected chi connectivity index (χ1v) is 16.0. The molecule has 0 radical (unpaired) electrons. The highest BCUT2D eigenvalue weighted by molar-refractivity contribution is 7.23. The molecule has 1 aromatic heterocycles. The molecule has 0 saturated carbocycles. The van der Waals surface area contributed by atoms with Crippen molar-refractivity contribution in [3.05, 3.63) is 169 Å². The number of hydrogen-bond donors (Lipinski definition) is 0. The lowest BCUT2D eigenvalue weighted by Gasteiger charge is -2.17. The van der Waals surface area contributed by atoms with Gasteiger partial charge >= 0.3 is 0 Å². The highest BCUT2D eigenvalue weighted by atomic mass is 35.5. The summed E-state index contributed by atoms with van der Waals surface area (Å²) in [5, 5.41) is 4.60. The topological polar surface area (TPSA) is 0 Å². The van der Waals surface area contributed by atoms with Gasteiger partial charge in [-0.25, -0.2) is 0 Å². The summed E-state index contributed by atoms with van der Waals surface area (Å²) in [6.45, 7) is 0. The van der Waals surface area contributed by atoms with Gasteiger partial charge in [0.15, 0.2) is 0 Å². The zero-order chi connectivity index (χ0) is 29.5. The van der Waals surface area contributed by atoms with Crippen molar-refractivity contribution in [2.75, 3.05) is 0 Å². The van der Waals surface area contributed by atoms with Crippen LogP contribution in [0.5, 0.6) is 0 Å². The fourth-order valence-corrected chi connectivity index (χ4v) is 7.90. The first kappa shape index (κ1) is 26.7. The van der Waals surface area contributed by atoms with Crippen LogP contribution in [-0.4, -0.2) is 0 Å². The molecule has 8 rings (SSSR count). The molecule has 8 aromatic rings. The third kappa shape index (κ3) is 4.62. The van der Waals surface area contributed by atoms with Crippen molar-refractivity contribution in [1.82, 2.24) is 0 Å². The molecule has 0 saturated heterocycles. The molecule has 0 nitrogen and oxygen atoms in total. The number of fused-ring (bicyclic) bond motifs is 3. The molecular weight excluding hydrogens is 572 g/mol. The minimum Gasteiger partial charge on any atom is -0.134 e. The Kier molecular flexibility index (Phi) is 6.83. The summed E-state index contributed by atoms with van der Waals surface area (Å²) in [4.78, 5) is 1.30. The maximum Gasteiger partial charge on any atom is 0.0446 e. The molecule has 0 N–H and O–H groups in total. The Bertz CT molecular complexity index is 2230. The van der Waals surface area contributed by atoms with Crippen LogP contribution in [-0.2, 0) is 0 Å². The van der Waals surface area contributed by atoms with Gasteiger partial charge in [-0.1, -0.05) is 163 Å². The SMILES string of the molecule is Clc1ccc(-c2ccc(-c3c(-c4ccccc4)c4sc(-c5ccccc5)c(-c5ccccc5)c4c4ccccc34)cc2)cc1. The predicted octanol–water partition coefficient (Wildman–Crippen LogP) is 13.0.